The Morgan fingerprint density at radius 3 is 1.26 bits per heavy atom. The summed E-state index contributed by atoms with van der Waals surface area (Å²) in [6.45, 7) is 0. The van der Waals surface area contributed by atoms with Gasteiger partial charge in [0, 0.05) is 33.0 Å². The average molecular weight is 780 g/mol. The Hall–Kier alpha value is -8.21. The monoisotopic (exact) mass is 779 g/mol. The number of rotatable bonds is 8. The maximum absolute atomic E-state index is 6.76. The molecule has 0 fully saturated rings. The van der Waals surface area contributed by atoms with Gasteiger partial charge in [-0.15, -0.1) is 0 Å². The van der Waals surface area contributed by atoms with Crippen LogP contribution in [0.3, 0.4) is 0 Å². The first-order valence-electron chi connectivity index (χ1n) is 20.5. The summed E-state index contributed by atoms with van der Waals surface area (Å²) in [5.41, 5.74) is 15.7. The third-order valence-corrected chi connectivity index (χ3v) is 11.4. The molecular weight excluding hydrogens is 743 g/mol. The van der Waals surface area contributed by atoms with E-state index in [2.05, 4.69) is 200 Å². The molecule has 0 amide bonds. The SMILES string of the molecule is c1ccc(-c2ccc(-c3nc(-c4cccc(-c5ccccc5)c4)nc(-c4cccc5oc6c(-c7ccc(-c8cccc(-c9ccccc9)c8)cc7)cccc6c45)n3)cc2)cc1. The van der Waals surface area contributed by atoms with E-state index in [9.17, 15) is 0 Å². The fraction of sp³-hybridized carbons (Fsp3) is 0. The Kier molecular flexibility index (Phi) is 9.14. The molecule has 2 aromatic heterocycles. The maximum Gasteiger partial charge on any atom is 0.164 e. The van der Waals surface area contributed by atoms with Gasteiger partial charge in [0.2, 0.25) is 0 Å². The predicted octanol–water partition coefficient (Wildman–Crippen LogP) is 15.1. The van der Waals surface area contributed by atoms with Crippen LogP contribution in [0.1, 0.15) is 0 Å². The second kappa shape index (κ2) is 15.5. The molecule has 2 heterocycles. The summed E-state index contributed by atoms with van der Waals surface area (Å²) in [5, 5.41) is 1.97. The molecule has 4 heteroatoms. The average Bonchev–Trinajstić information content (AvgIpc) is 3.74. The number of fused-ring (bicyclic) bond motifs is 3. The molecule has 11 aromatic rings. The lowest BCUT2D eigenvalue weighted by Crippen LogP contribution is -2.00. The normalized spacial score (nSPS) is 11.3. The van der Waals surface area contributed by atoms with Crippen LogP contribution in [0.4, 0.5) is 0 Å². The number of benzene rings is 9. The van der Waals surface area contributed by atoms with Gasteiger partial charge < -0.3 is 4.42 Å². The van der Waals surface area contributed by atoms with Gasteiger partial charge in [-0.2, -0.15) is 0 Å². The van der Waals surface area contributed by atoms with E-state index >= 15 is 0 Å². The molecule has 4 nitrogen and oxygen atoms in total. The number of nitrogens with zero attached hydrogens (tertiary/aromatic N) is 3. The molecule has 0 saturated heterocycles. The zero-order valence-electron chi connectivity index (χ0n) is 33.1. The molecule has 9 aromatic carbocycles. The van der Waals surface area contributed by atoms with E-state index in [1.165, 1.54) is 16.7 Å². The molecule has 0 radical (unpaired) electrons. The van der Waals surface area contributed by atoms with Gasteiger partial charge >= 0.3 is 0 Å². The highest BCUT2D eigenvalue weighted by molar-refractivity contribution is 6.15. The highest BCUT2D eigenvalue weighted by Gasteiger charge is 2.20. The third-order valence-electron chi connectivity index (χ3n) is 11.4. The summed E-state index contributed by atoms with van der Waals surface area (Å²) < 4.78 is 6.76. The van der Waals surface area contributed by atoms with Crippen molar-refractivity contribution in [3.8, 4) is 89.8 Å². The van der Waals surface area contributed by atoms with E-state index in [1.54, 1.807) is 0 Å². The molecular formula is C57H37N3O. The van der Waals surface area contributed by atoms with Crippen LogP contribution in [0.2, 0.25) is 0 Å². The molecule has 0 aliphatic rings. The Morgan fingerprint density at radius 1 is 0.262 bits per heavy atom. The van der Waals surface area contributed by atoms with E-state index in [1.807, 2.05) is 24.3 Å². The molecule has 0 unspecified atom stereocenters. The summed E-state index contributed by atoms with van der Waals surface area (Å²) in [4.78, 5) is 15.5. The van der Waals surface area contributed by atoms with E-state index in [-0.39, 0.29) is 0 Å². The number of aromatic nitrogens is 3. The molecule has 0 saturated carbocycles. The highest BCUT2D eigenvalue weighted by Crippen LogP contribution is 2.41. The zero-order valence-corrected chi connectivity index (χ0v) is 33.1. The molecule has 61 heavy (non-hydrogen) atoms. The Morgan fingerprint density at radius 2 is 0.656 bits per heavy atom. The lowest BCUT2D eigenvalue weighted by molar-refractivity contribution is 0.670. The van der Waals surface area contributed by atoms with Crippen molar-refractivity contribution in [2.24, 2.45) is 0 Å². The summed E-state index contributed by atoms with van der Waals surface area (Å²) in [6, 6.07) is 78.1. The van der Waals surface area contributed by atoms with E-state index in [4.69, 9.17) is 19.4 Å². The topological polar surface area (TPSA) is 51.8 Å². The molecule has 0 spiro atoms. The third kappa shape index (κ3) is 6.96. The van der Waals surface area contributed by atoms with Crippen LogP contribution in [0.25, 0.3) is 112 Å². The molecule has 286 valence electrons. The molecule has 0 aliphatic heterocycles. The van der Waals surface area contributed by atoms with Gasteiger partial charge in [0.25, 0.3) is 0 Å². The van der Waals surface area contributed by atoms with Gasteiger partial charge in [-0.25, -0.2) is 15.0 Å². The summed E-state index contributed by atoms with van der Waals surface area (Å²) in [5.74, 6) is 1.78. The molecule has 0 atom stereocenters. The van der Waals surface area contributed by atoms with Crippen molar-refractivity contribution >= 4 is 21.9 Å². The Labute approximate surface area is 354 Å². The molecule has 0 bridgehead atoms. The zero-order chi connectivity index (χ0) is 40.5. The van der Waals surface area contributed by atoms with Crippen molar-refractivity contribution in [1.29, 1.82) is 0 Å². The second-order valence-electron chi connectivity index (χ2n) is 15.2. The maximum atomic E-state index is 6.76. The van der Waals surface area contributed by atoms with Crippen LogP contribution < -0.4 is 0 Å². The fourth-order valence-corrected chi connectivity index (χ4v) is 8.28. The number of para-hydroxylation sites is 1. The van der Waals surface area contributed by atoms with E-state index in [0.717, 1.165) is 77.6 Å². The van der Waals surface area contributed by atoms with Crippen LogP contribution in [-0.2, 0) is 0 Å². The first kappa shape index (κ1) is 35.9. The van der Waals surface area contributed by atoms with Crippen LogP contribution in [-0.4, -0.2) is 15.0 Å². The Bertz CT molecular complexity index is 3320. The molecule has 0 N–H and O–H groups in total. The minimum Gasteiger partial charge on any atom is -0.455 e. The van der Waals surface area contributed by atoms with Crippen molar-refractivity contribution in [1.82, 2.24) is 15.0 Å². The van der Waals surface area contributed by atoms with Gasteiger partial charge in [0.15, 0.2) is 17.5 Å². The number of hydrogen-bond donors (Lipinski definition) is 0. The van der Waals surface area contributed by atoms with Crippen molar-refractivity contribution in [2.75, 3.05) is 0 Å². The van der Waals surface area contributed by atoms with Gasteiger partial charge in [0.1, 0.15) is 11.2 Å². The van der Waals surface area contributed by atoms with Crippen LogP contribution in [0.15, 0.2) is 229 Å². The lowest BCUT2D eigenvalue weighted by atomic mass is 9.96. The van der Waals surface area contributed by atoms with E-state index < -0.39 is 0 Å². The van der Waals surface area contributed by atoms with Crippen LogP contribution in [0.5, 0.6) is 0 Å². The summed E-state index contributed by atoms with van der Waals surface area (Å²) >= 11 is 0. The van der Waals surface area contributed by atoms with Crippen LogP contribution in [0, 0.1) is 0 Å². The van der Waals surface area contributed by atoms with Gasteiger partial charge in [0.05, 0.1) is 0 Å². The smallest absolute Gasteiger partial charge is 0.164 e. The van der Waals surface area contributed by atoms with Crippen molar-refractivity contribution < 1.29 is 4.42 Å². The van der Waals surface area contributed by atoms with Gasteiger partial charge in [-0.05, 0) is 68.3 Å². The largest absolute Gasteiger partial charge is 0.455 e. The second-order valence-corrected chi connectivity index (χ2v) is 15.2. The minimum atomic E-state index is 0.582. The van der Waals surface area contributed by atoms with Crippen molar-refractivity contribution in [2.45, 2.75) is 0 Å². The highest BCUT2D eigenvalue weighted by atomic mass is 16.3. The van der Waals surface area contributed by atoms with Crippen molar-refractivity contribution in [3.63, 3.8) is 0 Å². The first-order valence-corrected chi connectivity index (χ1v) is 20.5. The summed E-state index contributed by atoms with van der Waals surface area (Å²) in [6.07, 6.45) is 0. The number of furan rings is 1. The fourth-order valence-electron chi connectivity index (χ4n) is 8.28. The number of hydrogen-bond acceptors (Lipinski definition) is 4. The first-order chi connectivity index (χ1) is 30.2. The van der Waals surface area contributed by atoms with Gasteiger partial charge in [-0.1, -0.05) is 206 Å². The quantitative estimate of drug-likeness (QED) is 0.154. The van der Waals surface area contributed by atoms with Crippen LogP contribution >= 0.6 is 0 Å². The molecule has 11 rings (SSSR count). The minimum absolute atomic E-state index is 0.582. The Balaban J connectivity index is 1.01. The summed E-state index contributed by atoms with van der Waals surface area (Å²) in [7, 11) is 0. The van der Waals surface area contributed by atoms with Crippen molar-refractivity contribution in [3.05, 3.63) is 224 Å². The molecule has 0 aliphatic carbocycles. The predicted molar refractivity (Wildman–Crippen MR) is 251 cm³/mol. The van der Waals surface area contributed by atoms with Gasteiger partial charge in [-0.3, -0.25) is 0 Å². The van der Waals surface area contributed by atoms with E-state index in [0.29, 0.717) is 17.5 Å². The lowest BCUT2D eigenvalue weighted by Gasteiger charge is -2.11. The standard InChI is InChI=1S/C57H37N3O/c1-4-14-38(15-5-1)41-30-34-44(35-31-41)55-58-56(48-23-11-22-47(37-48)40-18-8-3-9-19-40)60-57(59-55)51-26-13-27-52-53(51)50-25-12-24-49(54(50)61-52)43-32-28-42(29-33-43)46-21-10-20-45(36-46)39-16-6-2-7-17-39/h1-37H.